The zero-order valence-electron chi connectivity index (χ0n) is 18.1. The third kappa shape index (κ3) is 4.92. The number of methoxy groups -OCH3 is 2. The summed E-state index contributed by atoms with van der Waals surface area (Å²) in [5, 5.41) is 7.03. The number of hydrogen-bond donors (Lipinski definition) is 2. The second kappa shape index (κ2) is 10.0. The molecule has 2 aromatic carbocycles. The van der Waals surface area contributed by atoms with E-state index in [-0.39, 0.29) is 0 Å². The first-order valence-corrected chi connectivity index (χ1v) is 10.0. The number of amides is 2. The molecule has 0 fully saturated rings. The number of ether oxygens (including phenoxy) is 2. The molecule has 2 amide bonds. The summed E-state index contributed by atoms with van der Waals surface area (Å²) < 4.78 is 12.3. The van der Waals surface area contributed by atoms with E-state index in [2.05, 4.69) is 15.8 Å². The standard InChI is InChI=1S/C23H23ClN4O4/c1-14-11-16(15(2)28(14)20-8-6-5-7-18(20)24)13-25-27-23(30)22(29)26-19-12-17(31-3)9-10-21(19)32-4/h5-13H,1-4H3,(H,26,29)(H,27,30)/b25-13-. The van der Waals surface area contributed by atoms with E-state index in [0.717, 1.165) is 22.6 Å². The number of para-hydroxylation sites is 1. The third-order valence-corrected chi connectivity index (χ3v) is 5.11. The maximum absolute atomic E-state index is 12.3. The molecule has 3 aromatic rings. The minimum atomic E-state index is -0.925. The molecular weight excluding hydrogens is 432 g/mol. The molecule has 0 saturated carbocycles. The van der Waals surface area contributed by atoms with Crippen molar-refractivity contribution >= 4 is 35.3 Å². The van der Waals surface area contributed by atoms with Gasteiger partial charge in [0.1, 0.15) is 11.5 Å². The van der Waals surface area contributed by atoms with Crippen LogP contribution in [0.4, 0.5) is 5.69 Å². The number of hydrogen-bond acceptors (Lipinski definition) is 5. The van der Waals surface area contributed by atoms with Gasteiger partial charge in [-0.05, 0) is 44.2 Å². The lowest BCUT2D eigenvalue weighted by Gasteiger charge is -2.11. The largest absolute Gasteiger partial charge is 0.497 e. The molecule has 0 unspecified atom stereocenters. The summed E-state index contributed by atoms with van der Waals surface area (Å²) in [5.74, 6) is -0.919. The van der Waals surface area contributed by atoms with Crippen LogP contribution >= 0.6 is 11.6 Å². The molecule has 0 aliphatic heterocycles. The fourth-order valence-corrected chi connectivity index (χ4v) is 3.44. The van der Waals surface area contributed by atoms with Crippen LogP contribution in [0.3, 0.4) is 0 Å². The highest BCUT2D eigenvalue weighted by Crippen LogP contribution is 2.29. The Hall–Kier alpha value is -3.78. The molecule has 0 radical (unpaired) electrons. The maximum Gasteiger partial charge on any atom is 0.329 e. The highest BCUT2D eigenvalue weighted by molar-refractivity contribution is 6.39. The number of carbonyl (C=O) groups is 2. The van der Waals surface area contributed by atoms with Crippen LogP contribution in [0.25, 0.3) is 5.69 Å². The third-order valence-electron chi connectivity index (χ3n) is 4.79. The Balaban J connectivity index is 1.70. The highest BCUT2D eigenvalue weighted by atomic mass is 35.5. The number of aryl methyl sites for hydroxylation is 1. The van der Waals surface area contributed by atoms with Crippen molar-refractivity contribution < 1.29 is 19.1 Å². The van der Waals surface area contributed by atoms with E-state index >= 15 is 0 Å². The molecule has 3 rings (SSSR count). The Morgan fingerprint density at radius 1 is 1.03 bits per heavy atom. The summed E-state index contributed by atoms with van der Waals surface area (Å²) >= 11 is 6.33. The van der Waals surface area contributed by atoms with Gasteiger partial charge in [-0.25, -0.2) is 5.43 Å². The molecule has 2 N–H and O–H groups in total. The van der Waals surface area contributed by atoms with E-state index < -0.39 is 11.8 Å². The molecule has 32 heavy (non-hydrogen) atoms. The van der Waals surface area contributed by atoms with Crippen molar-refractivity contribution in [2.24, 2.45) is 5.10 Å². The number of carbonyl (C=O) groups excluding carboxylic acids is 2. The van der Waals surface area contributed by atoms with Crippen molar-refractivity contribution in [1.82, 2.24) is 9.99 Å². The zero-order valence-corrected chi connectivity index (χ0v) is 18.9. The number of anilines is 1. The maximum atomic E-state index is 12.3. The van der Waals surface area contributed by atoms with Crippen LogP contribution in [0, 0.1) is 13.8 Å². The Labute approximate surface area is 190 Å². The van der Waals surface area contributed by atoms with Gasteiger partial charge in [0.25, 0.3) is 0 Å². The predicted octanol–water partition coefficient (Wildman–Crippen LogP) is 3.85. The smallest absolute Gasteiger partial charge is 0.329 e. The van der Waals surface area contributed by atoms with Gasteiger partial charge in [0.05, 0.1) is 36.8 Å². The SMILES string of the molecule is COc1ccc(OC)c(NC(=O)C(=O)N/N=C\c2cc(C)n(-c3ccccc3Cl)c2C)c1. The number of rotatable bonds is 6. The number of benzene rings is 2. The summed E-state index contributed by atoms with van der Waals surface area (Å²) in [4.78, 5) is 24.4. The van der Waals surface area contributed by atoms with E-state index in [1.165, 1.54) is 20.4 Å². The molecule has 8 nitrogen and oxygen atoms in total. The van der Waals surface area contributed by atoms with Gasteiger partial charge in [0, 0.05) is 23.0 Å². The summed E-state index contributed by atoms with van der Waals surface area (Å²) in [5.41, 5.74) is 6.00. The molecule has 9 heteroatoms. The number of nitrogens with zero attached hydrogens (tertiary/aromatic N) is 2. The Morgan fingerprint density at radius 2 is 1.78 bits per heavy atom. The molecule has 0 aliphatic carbocycles. The van der Waals surface area contributed by atoms with Gasteiger partial charge in [-0.15, -0.1) is 0 Å². The quantitative estimate of drug-likeness (QED) is 0.336. The molecule has 0 bridgehead atoms. The van der Waals surface area contributed by atoms with Gasteiger partial charge in [0.15, 0.2) is 0 Å². The molecule has 166 valence electrons. The molecule has 1 heterocycles. The first kappa shape index (κ1) is 22.9. The van der Waals surface area contributed by atoms with Crippen molar-refractivity contribution in [1.29, 1.82) is 0 Å². The number of halogens is 1. The average Bonchev–Trinajstić information content (AvgIpc) is 3.06. The first-order valence-electron chi connectivity index (χ1n) is 9.66. The summed E-state index contributed by atoms with van der Waals surface area (Å²) in [6.45, 7) is 3.86. The highest BCUT2D eigenvalue weighted by Gasteiger charge is 2.16. The zero-order chi connectivity index (χ0) is 23.3. The van der Waals surface area contributed by atoms with Crippen LogP contribution in [-0.2, 0) is 9.59 Å². The van der Waals surface area contributed by atoms with Gasteiger partial charge in [-0.2, -0.15) is 5.10 Å². The fourth-order valence-electron chi connectivity index (χ4n) is 3.22. The molecule has 0 saturated heterocycles. The van der Waals surface area contributed by atoms with Gasteiger partial charge >= 0.3 is 11.8 Å². The van der Waals surface area contributed by atoms with Crippen LogP contribution in [0.15, 0.2) is 53.6 Å². The Kier molecular flexibility index (Phi) is 7.17. The number of nitrogens with one attached hydrogen (secondary N) is 2. The molecule has 0 aliphatic rings. The molecule has 0 atom stereocenters. The monoisotopic (exact) mass is 454 g/mol. The normalized spacial score (nSPS) is 10.8. The van der Waals surface area contributed by atoms with E-state index in [1.54, 1.807) is 18.2 Å². The van der Waals surface area contributed by atoms with Gasteiger partial charge < -0.3 is 19.4 Å². The van der Waals surface area contributed by atoms with Crippen LogP contribution in [0.5, 0.6) is 11.5 Å². The lowest BCUT2D eigenvalue weighted by molar-refractivity contribution is -0.136. The lowest BCUT2D eigenvalue weighted by atomic mass is 10.2. The Bertz CT molecular complexity index is 1190. The fraction of sp³-hybridized carbons (Fsp3) is 0.174. The van der Waals surface area contributed by atoms with Crippen molar-refractivity contribution in [3.8, 4) is 17.2 Å². The van der Waals surface area contributed by atoms with Gasteiger partial charge in [-0.3, -0.25) is 9.59 Å². The topological polar surface area (TPSA) is 93.9 Å². The van der Waals surface area contributed by atoms with Crippen molar-refractivity contribution in [2.45, 2.75) is 13.8 Å². The first-order chi connectivity index (χ1) is 15.3. The van der Waals surface area contributed by atoms with E-state index in [1.807, 2.05) is 48.7 Å². The number of aromatic nitrogens is 1. The molecular formula is C23H23ClN4O4. The van der Waals surface area contributed by atoms with E-state index in [9.17, 15) is 9.59 Å². The minimum Gasteiger partial charge on any atom is -0.497 e. The van der Waals surface area contributed by atoms with Crippen molar-refractivity contribution in [2.75, 3.05) is 19.5 Å². The van der Waals surface area contributed by atoms with Crippen molar-refractivity contribution in [3.63, 3.8) is 0 Å². The van der Waals surface area contributed by atoms with Crippen LogP contribution in [-0.4, -0.2) is 36.8 Å². The number of hydrazone groups is 1. The summed E-state index contributed by atoms with van der Waals surface area (Å²) in [7, 11) is 2.96. The Morgan fingerprint density at radius 3 is 2.47 bits per heavy atom. The van der Waals surface area contributed by atoms with Crippen LogP contribution < -0.4 is 20.2 Å². The van der Waals surface area contributed by atoms with Crippen molar-refractivity contribution in [3.05, 3.63) is 70.5 Å². The van der Waals surface area contributed by atoms with Gasteiger partial charge in [-0.1, -0.05) is 23.7 Å². The van der Waals surface area contributed by atoms with E-state index in [0.29, 0.717) is 22.2 Å². The van der Waals surface area contributed by atoms with E-state index in [4.69, 9.17) is 21.1 Å². The lowest BCUT2D eigenvalue weighted by Crippen LogP contribution is -2.32. The van der Waals surface area contributed by atoms with Crippen LogP contribution in [0.2, 0.25) is 5.02 Å². The van der Waals surface area contributed by atoms with Gasteiger partial charge in [0.2, 0.25) is 0 Å². The summed E-state index contributed by atoms with van der Waals surface area (Å²) in [6.07, 6.45) is 1.48. The second-order valence-electron chi connectivity index (χ2n) is 6.83. The second-order valence-corrected chi connectivity index (χ2v) is 7.24. The summed E-state index contributed by atoms with van der Waals surface area (Å²) in [6, 6.07) is 14.3. The average molecular weight is 455 g/mol. The molecule has 1 aromatic heterocycles. The molecule has 0 spiro atoms. The predicted molar refractivity (Wildman–Crippen MR) is 124 cm³/mol. The minimum absolute atomic E-state index is 0.305. The van der Waals surface area contributed by atoms with Crippen LogP contribution in [0.1, 0.15) is 17.0 Å².